The first kappa shape index (κ1) is 12.2. The number of aromatic nitrogens is 2. The Bertz CT molecular complexity index is 601. The van der Waals surface area contributed by atoms with E-state index in [1.54, 1.807) is 17.9 Å². The zero-order chi connectivity index (χ0) is 13.3. The van der Waals surface area contributed by atoms with Gasteiger partial charge in [0.25, 0.3) is 5.91 Å². The van der Waals surface area contributed by atoms with Crippen LogP contribution in [0.4, 0.5) is 11.4 Å². The summed E-state index contributed by atoms with van der Waals surface area (Å²) < 4.78 is 1.67. The van der Waals surface area contributed by atoms with Gasteiger partial charge in [0.15, 0.2) is 0 Å². The van der Waals surface area contributed by atoms with E-state index in [1.165, 1.54) is 6.20 Å². The summed E-state index contributed by atoms with van der Waals surface area (Å²) in [5.41, 5.74) is 9.65. The van der Waals surface area contributed by atoms with Crippen molar-refractivity contribution >= 4 is 17.3 Å². The van der Waals surface area contributed by atoms with Crippen LogP contribution in [0.3, 0.4) is 0 Å². The second-order valence-corrected chi connectivity index (χ2v) is 4.32. The van der Waals surface area contributed by atoms with Gasteiger partial charge in [-0.25, -0.2) is 4.98 Å². The van der Waals surface area contributed by atoms with Gasteiger partial charge in [-0.2, -0.15) is 0 Å². The van der Waals surface area contributed by atoms with Crippen LogP contribution in [0.25, 0.3) is 0 Å². The second kappa shape index (κ2) is 4.52. The predicted molar refractivity (Wildman–Crippen MR) is 71.5 cm³/mol. The Labute approximate surface area is 106 Å². The molecule has 0 radical (unpaired) electrons. The first-order valence-corrected chi connectivity index (χ1v) is 5.64. The molecule has 0 saturated heterocycles. The Kier molecular flexibility index (Phi) is 3.06. The van der Waals surface area contributed by atoms with E-state index in [9.17, 15) is 4.79 Å². The maximum atomic E-state index is 12.1. The minimum Gasteiger partial charge on any atom is -0.398 e. The quantitative estimate of drug-likeness (QED) is 0.792. The van der Waals surface area contributed by atoms with Crippen LogP contribution in [0, 0.1) is 13.8 Å². The Morgan fingerprint density at radius 3 is 2.72 bits per heavy atom. The van der Waals surface area contributed by atoms with Crippen LogP contribution >= 0.6 is 0 Å². The number of benzene rings is 1. The number of carbonyl (C=O) groups excluding carboxylic acids is 1. The third kappa shape index (κ3) is 2.07. The van der Waals surface area contributed by atoms with Gasteiger partial charge in [-0.3, -0.25) is 4.79 Å². The lowest BCUT2D eigenvalue weighted by Gasteiger charge is -2.13. The highest BCUT2D eigenvalue weighted by Gasteiger charge is 2.13. The van der Waals surface area contributed by atoms with Crippen LogP contribution in [0.5, 0.6) is 0 Å². The van der Waals surface area contributed by atoms with Gasteiger partial charge in [0.2, 0.25) is 0 Å². The smallest absolute Gasteiger partial charge is 0.273 e. The first-order valence-electron chi connectivity index (χ1n) is 5.64. The van der Waals surface area contributed by atoms with E-state index >= 15 is 0 Å². The number of nitrogens with zero attached hydrogens (tertiary/aromatic N) is 2. The van der Waals surface area contributed by atoms with E-state index in [4.69, 9.17) is 5.73 Å². The summed E-state index contributed by atoms with van der Waals surface area (Å²) in [4.78, 5) is 16.0. The van der Waals surface area contributed by atoms with Crippen molar-refractivity contribution in [2.24, 2.45) is 7.05 Å². The maximum absolute atomic E-state index is 12.1. The molecule has 0 aliphatic carbocycles. The third-order valence-corrected chi connectivity index (χ3v) is 3.00. The van der Waals surface area contributed by atoms with Crippen molar-refractivity contribution in [2.45, 2.75) is 13.8 Å². The van der Waals surface area contributed by atoms with E-state index in [0.29, 0.717) is 11.4 Å². The van der Waals surface area contributed by atoms with E-state index in [0.717, 1.165) is 16.8 Å². The molecule has 94 valence electrons. The summed E-state index contributed by atoms with van der Waals surface area (Å²) in [7, 11) is 1.78. The molecule has 0 fully saturated rings. The molecule has 0 atom stereocenters. The Hall–Kier alpha value is -2.30. The van der Waals surface area contributed by atoms with E-state index in [2.05, 4.69) is 10.3 Å². The van der Waals surface area contributed by atoms with Crippen molar-refractivity contribution in [3.8, 4) is 0 Å². The number of aryl methyl sites for hydroxylation is 2. The van der Waals surface area contributed by atoms with Crippen LogP contribution in [0.2, 0.25) is 0 Å². The Morgan fingerprint density at radius 2 is 2.11 bits per heavy atom. The molecule has 0 bridgehead atoms. The maximum Gasteiger partial charge on any atom is 0.273 e. The van der Waals surface area contributed by atoms with Crippen LogP contribution in [0.15, 0.2) is 24.7 Å². The highest BCUT2D eigenvalue weighted by Crippen LogP contribution is 2.25. The minimum atomic E-state index is -0.188. The molecule has 3 N–H and O–H groups in total. The topological polar surface area (TPSA) is 72.9 Å². The Morgan fingerprint density at radius 1 is 1.39 bits per heavy atom. The number of anilines is 2. The number of hydrogen-bond donors (Lipinski definition) is 2. The highest BCUT2D eigenvalue weighted by atomic mass is 16.2. The number of nitrogen functional groups attached to an aromatic ring is 1. The fraction of sp³-hybridized carbons (Fsp3) is 0.231. The lowest BCUT2D eigenvalue weighted by molar-refractivity contribution is 0.101. The van der Waals surface area contributed by atoms with Gasteiger partial charge >= 0.3 is 0 Å². The number of amides is 1. The third-order valence-electron chi connectivity index (χ3n) is 3.00. The molecular formula is C13H16N4O. The SMILES string of the molecule is Cc1ccc(N)c(C)c1NC(=O)c1cncn1C. The second-order valence-electron chi connectivity index (χ2n) is 4.32. The van der Waals surface area contributed by atoms with Gasteiger partial charge in [0.1, 0.15) is 5.69 Å². The minimum absolute atomic E-state index is 0.188. The van der Waals surface area contributed by atoms with Gasteiger partial charge in [-0.05, 0) is 31.0 Å². The average molecular weight is 244 g/mol. The lowest BCUT2D eigenvalue weighted by atomic mass is 10.1. The normalized spacial score (nSPS) is 10.4. The Balaban J connectivity index is 2.33. The fourth-order valence-corrected chi connectivity index (χ4v) is 1.81. The van der Waals surface area contributed by atoms with Crippen molar-refractivity contribution < 1.29 is 4.79 Å². The van der Waals surface area contributed by atoms with Crippen LogP contribution in [-0.4, -0.2) is 15.5 Å². The molecule has 5 nitrogen and oxygen atoms in total. The molecule has 2 aromatic rings. The summed E-state index contributed by atoms with van der Waals surface area (Å²) in [6.07, 6.45) is 3.13. The van der Waals surface area contributed by atoms with Crippen molar-refractivity contribution in [3.05, 3.63) is 41.5 Å². The molecular weight excluding hydrogens is 228 g/mol. The van der Waals surface area contributed by atoms with E-state index in [-0.39, 0.29) is 5.91 Å². The van der Waals surface area contributed by atoms with Gasteiger partial charge < -0.3 is 15.6 Å². The monoisotopic (exact) mass is 244 g/mol. The molecule has 1 amide bonds. The zero-order valence-electron chi connectivity index (χ0n) is 10.7. The standard InChI is InChI=1S/C13H16N4O/c1-8-4-5-10(14)9(2)12(8)16-13(18)11-6-15-7-17(11)3/h4-7H,14H2,1-3H3,(H,16,18). The molecule has 1 aromatic heterocycles. The van der Waals surface area contributed by atoms with Gasteiger partial charge in [0, 0.05) is 18.4 Å². The summed E-state index contributed by atoms with van der Waals surface area (Å²) in [6.45, 7) is 3.83. The van der Waals surface area contributed by atoms with Gasteiger partial charge in [-0.15, -0.1) is 0 Å². The predicted octanol–water partition coefficient (Wildman–Crippen LogP) is 1.87. The molecule has 2 rings (SSSR count). The number of nitrogens with two attached hydrogens (primary N) is 1. The first-order chi connectivity index (χ1) is 8.50. The lowest BCUT2D eigenvalue weighted by Crippen LogP contribution is -2.17. The molecule has 0 spiro atoms. The van der Waals surface area contributed by atoms with Crippen LogP contribution in [0.1, 0.15) is 21.6 Å². The molecule has 1 aromatic carbocycles. The summed E-state index contributed by atoms with van der Waals surface area (Å²) in [5.74, 6) is -0.188. The zero-order valence-corrected chi connectivity index (χ0v) is 10.7. The molecule has 0 aliphatic rings. The molecule has 0 saturated carbocycles. The van der Waals surface area contributed by atoms with Crippen molar-refractivity contribution in [1.29, 1.82) is 0 Å². The van der Waals surface area contributed by atoms with Crippen molar-refractivity contribution in [3.63, 3.8) is 0 Å². The van der Waals surface area contributed by atoms with E-state index in [1.807, 2.05) is 26.0 Å². The van der Waals surface area contributed by atoms with E-state index < -0.39 is 0 Å². The number of hydrogen-bond acceptors (Lipinski definition) is 3. The fourth-order valence-electron chi connectivity index (χ4n) is 1.81. The van der Waals surface area contributed by atoms with Crippen molar-refractivity contribution in [1.82, 2.24) is 9.55 Å². The molecule has 0 unspecified atom stereocenters. The number of carbonyl (C=O) groups is 1. The highest BCUT2D eigenvalue weighted by molar-refractivity contribution is 6.04. The van der Waals surface area contributed by atoms with Gasteiger partial charge in [0.05, 0.1) is 12.5 Å². The molecule has 0 aliphatic heterocycles. The van der Waals surface area contributed by atoms with Crippen LogP contribution < -0.4 is 11.1 Å². The number of rotatable bonds is 2. The summed E-state index contributed by atoms with van der Waals surface area (Å²) >= 11 is 0. The molecule has 18 heavy (non-hydrogen) atoms. The largest absolute Gasteiger partial charge is 0.398 e. The molecule has 1 heterocycles. The number of imidazole rings is 1. The van der Waals surface area contributed by atoms with Gasteiger partial charge in [-0.1, -0.05) is 6.07 Å². The summed E-state index contributed by atoms with van der Waals surface area (Å²) in [6, 6.07) is 3.73. The van der Waals surface area contributed by atoms with Crippen LogP contribution in [-0.2, 0) is 7.05 Å². The average Bonchev–Trinajstić information content (AvgIpc) is 2.76. The number of nitrogens with one attached hydrogen (secondary N) is 1. The summed E-state index contributed by atoms with van der Waals surface area (Å²) in [5, 5.41) is 2.88. The molecule has 5 heteroatoms. The van der Waals surface area contributed by atoms with Crippen molar-refractivity contribution in [2.75, 3.05) is 11.1 Å².